The van der Waals surface area contributed by atoms with Crippen LogP contribution >= 0.6 is 0 Å². The molecule has 0 bridgehead atoms. The van der Waals surface area contributed by atoms with Crippen LogP contribution in [0.2, 0.25) is 0 Å². The summed E-state index contributed by atoms with van der Waals surface area (Å²) in [5.74, 6) is 1.42. The molecule has 1 aliphatic rings. The molecular weight excluding hydrogens is 150 g/mol. The predicted molar refractivity (Wildman–Crippen MR) is 51.5 cm³/mol. The molecule has 0 radical (unpaired) electrons. The van der Waals surface area contributed by atoms with Crippen molar-refractivity contribution in [3.8, 4) is 0 Å². The van der Waals surface area contributed by atoms with Gasteiger partial charge in [0.05, 0.1) is 6.17 Å². The Hall–Kier alpha value is -0.120. The molecular formula is C9H21N3. The number of rotatable bonds is 3. The predicted octanol–water partition coefficient (Wildman–Crippen LogP) is 0.256. The summed E-state index contributed by atoms with van der Waals surface area (Å²) in [7, 11) is 1.93. The van der Waals surface area contributed by atoms with Gasteiger partial charge in [0, 0.05) is 0 Å². The average molecular weight is 171 g/mol. The van der Waals surface area contributed by atoms with Crippen LogP contribution in [0.3, 0.4) is 0 Å². The van der Waals surface area contributed by atoms with Gasteiger partial charge in [-0.1, -0.05) is 0 Å². The Balaban J connectivity index is 2.25. The van der Waals surface area contributed by atoms with Crippen LogP contribution in [-0.4, -0.2) is 19.8 Å². The fourth-order valence-corrected chi connectivity index (χ4v) is 2.02. The molecule has 1 aliphatic carbocycles. The van der Waals surface area contributed by atoms with Gasteiger partial charge in [0.25, 0.3) is 0 Å². The standard InChI is InChI=1S/C9H21N3/c1-12-9(11)8-4-2-7(6-10)3-5-8/h7-9,12H,2-6,10-11H2,1H3. The third kappa shape index (κ3) is 2.44. The summed E-state index contributed by atoms with van der Waals surface area (Å²) >= 11 is 0. The van der Waals surface area contributed by atoms with Crippen LogP contribution < -0.4 is 16.8 Å². The van der Waals surface area contributed by atoms with Crippen LogP contribution in [0.1, 0.15) is 25.7 Å². The van der Waals surface area contributed by atoms with Gasteiger partial charge < -0.3 is 16.8 Å². The van der Waals surface area contributed by atoms with E-state index in [0.717, 1.165) is 12.5 Å². The summed E-state index contributed by atoms with van der Waals surface area (Å²) < 4.78 is 0. The van der Waals surface area contributed by atoms with E-state index in [1.807, 2.05) is 7.05 Å². The number of hydrogen-bond acceptors (Lipinski definition) is 3. The first-order valence-electron chi connectivity index (χ1n) is 4.90. The molecule has 72 valence electrons. The molecule has 3 heteroatoms. The average Bonchev–Trinajstić information content (AvgIpc) is 2.17. The first-order chi connectivity index (χ1) is 5.77. The lowest BCUT2D eigenvalue weighted by Gasteiger charge is -2.31. The molecule has 1 fully saturated rings. The third-order valence-corrected chi connectivity index (χ3v) is 3.07. The van der Waals surface area contributed by atoms with E-state index in [0.29, 0.717) is 5.92 Å². The van der Waals surface area contributed by atoms with Crippen molar-refractivity contribution in [3.05, 3.63) is 0 Å². The second-order valence-electron chi connectivity index (χ2n) is 3.83. The molecule has 0 aliphatic heterocycles. The SMILES string of the molecule is CNC(N)C1CCC(CN)CC1. The molecule has 5 N–H and O–H groups in total. The lowest BCUT2D eigenvalue weighted by atomic mass is 9.81. The van der Waals surface area contributed by atoms with Crippen molar-refractivity contribution in [3.63, 3.8) is 0 Å². The van der Waals surface area contributed by atoms with Gasteiger partial charge >= 0.3 is 0 Å². The van der Waals surface area contributed by atoms with Crippen LogP contribution in [0.4, 0.5) is 0 Å². The zero-order valence-electron chi connectivity index (χ0n) is 7.92. The smallest absolute Gasteiger partial charge is 0.0572 e. The Labute approximate surface area is 74.9 Å². The summed E-state index contributed by atoms with van der Waals surface area (Å²) in [6, 6.07) is 0. The lowest BCUT2D eigenvalue weighted by molar-refractivity contribution is 0.233. The minimum atomic E-state index is 0.184. The number of hydrogen-bond donors (Lipinski definition) is 3. The molecule has 0 heterocycles. The Kier molecular flexibility index (Phi) is 3.98. The maximum absolute atomic E-state index is 5.89. The van der Waals surface area contributed by atoms with Crippen LogP contribution in [0.25, 0.3) is 0 Å². The molecule has 12 heavy (non-hydrogen) atoms. The highest BCUT2D eigenvalue weighted by atomic mass is 15.0. The van der Waals surface area contributed by atoms with E-state index in [1.165, 1.54) is 25.7 Å². The van der Waals surface area contributed by atoms with Gasteiger partial charge in [-0.25, -0.2) is 0 Å². The molecule has 0 aromatic rings. The second-order valence-corrected chi connectivity index (χ2v) is 3.83. The normalized spacial score (nSPS) is 33.2. The maximum Gasteiger partial charge on any atom is 0.0572 e. The highest BCUT2D eigenvalue weighted by Crippen LogP contribution is 2.28. The Morgan fingerprint density at radius 1 is 1.33 bits per heavy atom. The Morgan fingerprint density at radius 3 is 2.33 bits per heavy atom. The van der Waals surface area contributed by atoms with Gasteiger partial charge in [0.15, 0.2) is 0 Å². The second kappa shape index (κ2) is 4.80. The Morgan fingerprint density at radius 2 is 1.92 bits per heavy atom. The first-order valence-corrected chi connectivity index (χ1v) is 4.90. The molecule has 1 atom stereocenters. The van der Waals surface area contributed by atoms with E-state index in [1.54, 1.807) is 0 Å². The number of nitrogens with one attached hydrogen (secondary N) is 1. The minimum absolute atomic E-state index is 0.184. The molecule has 0 saturated heterocycles. The monoisotopic (exact) mass is 171 g/mol. The highest BCUT2D eigenvalue weighted by molar-refractivity contribution is 4.78. The molecule has 1 rings (SSSR count). The van der Waals surface area contributed by atoms with Crippen molar-refractivity contribution in [2.75, 3.05) is 13.6 Å². The van der Waals surface area contributed by atoms with E-state index < -0.39 is 0 Å². The Bertz CT molecular complexity index is 119. The van der Waals surface area contributed by atoms with Crippen molar-refractivity contribution < 1.29 is 0 Å². The summed E-state index contributed by atoms with van der Waals surface area (Å²) in [5.41, 5.74) is 11.5. The van der Waals surface area contributed by atoms with E-state index >= 15 is 0 Å². The lowest BCUT2D eigenvalue weighted by Crippen LogP contribution is -2.43. The van der Waals surface area contributed by atoms with Crippen molar-refractivity contribution in [2.45, 2.75) is 31.8 Å². The minimum Gasteiger partial charge on any atom is -0.330 e. The van der Waals surface area contributed by atoms with Gasteiger partial charge in [-0.3, -0.25) is 0 Å². The van der Waals surface area contributed by atoms with E-state index in [2.05, 4.69) is 5.32 Å². The van der Waals surface area contributed by atoms with Crippen LogP contribution in [0.5, 0.6) is 0 Å². The van der Waals surface area contributed by atoms with Gasteiger partial charge in [0.1, 0.15) is 0 Å². The van der Waals surface area contributed by atoms with Gasteiger partial charge in [-0.2, -0.15) is 0 Å². The summed E-state index contributed by atoms with van der Waals surface area (Å²) in [4.78, 5) is 0. The van der Waals surface area contributed by atoms with Gasteiger partial charge in [-0.05, 0) is 51.1 Å². The van der Waals surface area contributed by atoms with Crippen LogP contribution in [0.15, 0.2) is 0 Å². The fraction of sp³-hybridized carbons (Fsp3) is 1.00. The van der Waals surface area contributed by atoms with E-state index in [-0.39, 0.29) is 6.17 Å². The summed E-state index contributed by atoms with van der Waals surface area (Å²) in [6.07, 6.45) is 5.18. The van der Waals surface area contributed by atoms with Gasteiger partial charge in [-0.15, -0.1) is 0 Å². The van der Waals surface area contributed by atoms with Crippen molar-refractivity contribution >= 4 is 0 Å². The largest absolute Gasteiger partial charge is 0.330 e. The molecule has 0 aromatic carbocycles. The topological polar surface area (TPSA) is 64.1 Å². The quantitative estimate of drug-likeness (QED) is 0.534. The number of nitrogens with two attached hydrogens (primary N) is 2. The summed E-state index contributed by atoms with van der Waals surface area (Å²) in [6.45, 7) is 0.849. The van der Waals surface area contributed by atoms with Crippen molar-refractivity contribution in [1.29, 1.82) is 0 Å². The first kappa shape index (κ1) is 9.96. The zero-order valence-corrected chi connectivity index (χ0v) is 7.92. The molecule has 0 spiro atoms. The zero-order chi connectivity index (χ0) is 8.97. The maximum atomic E-state index is 5.89. The van der Waals surface area contributed by atoms with Gasteiger partial charge in [0.2, 0.25) is 0 Å². The molecule has 1 saturated carbocycles. The molecule has 1 unspecified atom stereocenters. The molecule has 3 nitrogen and oxygen atoms in total. The highest BCUT2D eigenvalue weighted by Gasteiger charge is 2.23. The third-order valence-electron chi connectivity index (χ3n) is 3.07. The fourth-order valence-electron chi connectivity index (χ4n) is 2.02. The molecule has 0 aromatic heterocycles. The van der Waals surface area contributed by atoms with Crippen LogP contribution in [-0.2, 0) is 0 Å². The molecule has 0 amide bonds. The van der Waals surface area contributed by atoms with E-state index in [9.17, 15) is 0 Å². The summed E-state index contributed by atoms with van der Waals surface area (Å²) in [5, 5.41) is 3.11. The van der Waals surface area contributed by atoms with Crippen molar-refractivity contribution in [1.82, 2.24) is 5.32 Å². The van der Waals surface area contributed by atoms with E-state index in [4.69, 9.17) is 11.5 Å². The van der Waals surface area contributed by atoms with Crippen molar-refractivity contribution in [2.24, 2.45) is 23.3 Å². The van der Waals surface area contributed by atoms with Crippen LogP contribution in [0, 0.1) is 11.8 Å².